The first kappa shape index (κ1) is 25.0. The zero-order valence-electron chi connectivity index (χ0n) is 20.4. The molecule has 0 saturated carbocycles. The Morgan fingerprint density at radius 3 is 2.54 bits per heavy atom. The van der Waals surface area contributed by atoms with Crippen LogP contribution < -0.4 is 10.1 Å². The van der Waals surface area contributed by atoms with Crippen molar-refractivity contribution in [2.45, 2.75) is 6.92 Å². The van der Waals surface area contributed by atoms with Crippen molar-refractivity contribution in [3.8, 4) is 40.5 Å². The summed E-state index contributed by atoms with van der Waals surface area (Å²) in [6.45, 7) is 2.74. The monoisotopic (exact) mass is 494 g/mol. The molecule has 0 fully saturated rings. The normalized spacial score (nSPS) is 10.5. The SMILES string of the molecule is Cc1nc(-c2ccc(-c3ccc(C(=O)Nc4cc(OCCN(C)C)c(C#N)cn4)cn3)c(C#N)c2)no1. The number of aryl methyl sites for hydroxylation is 1. The Morgan fingerprint density at radius 2 is 1.89 bits per heavy atom. The first-order chi connectivity index (χ1) is 17.9. The van der Waals surface area contributed by atoms with Crippen LogP contribution in [-0.4, -0.2) is 58.2 Å². The van der Waals surface area contributed by atoms with E-state index in [2.05, 4.69) is 31.5 Å². The molecule has 1 N–H and O–H groups in total. The molecule has 4 rings (SSSR count). The number of hydrogen-bond donors (Lipinski definition) is 1. The summed E-state index contributed by atoms with van der Waals surface area (Å²) in [5.41, 5.74) is 2.73. The van der Waals surface area contributed by atoms with Gasteiger partial charge in [0.25, 0.3) is 5.91 Å². The maximum Gasteiger partial charge on any atom is 0.258 e. The molecule has 3 aromatic heterocycles. The number of nitriles is 2. The third-order valence-corrected chi connectivity index (χ3v) is 5.25. The van der Waals surface area contributed by atoms with Gasteiger partial charge in [-0.3, -0.25) is 9.78 Å². The van der Waals surface area contributed by atoms with Crippen molar-refractivity contribution >= 4 is 11.7 Å². The number of amides is 1. The van der Waals surface area contributed by atoms with Gasteiger partial charge in [0.2, 0.25) is 11.7 Å². The number of aromatic nitrogens is 4. The predicted octanol–water partition coefficient (Wildman–Crippen LogP) is 3.44. The highest BCUT2D eigenvalue weighted by Gasteiger charge is 2.14. The minimum absolute atomic E-state index is 0.243. The van der Waals surface area contributed by atoms with Crippen molar-refractivity contribution in [1.82, 2.24) is 25.0 Å². The van der Waals surface area contributed by atoms with E-state index in [4.69, 9.17) is 9.26 Å². The van der Waals surface area contributed by atoms with Crippen molar-refractivity contribution in [3.05, 3.63) is 71.4 Å². The molecule has 0 radical (unpaired) electrons. The Hall–Kier alpha value is -5.13. The summed E-state index contributed by atoms with van der Waals surface area (Å²) in [5.74, 6) is 0.970. The van der Waals surface area contributed by atoms with Crippen molar-refractivity contribution in [3.63, 3.8) is 0 Å². The summed E-state index contributed by atoms with van der Waals surface area (Å²) in [4.78, 5) is 27.4. The molecule has 0 atom stereocenters. The van der Waals surface area contributed by atoms with E-state index in [1.165, 1.54) is 18.5 Å². The second-order valence-corrected chi connectivity index (χ2v) is 8.22. The number of benzene rings is 1. The maximum atomic E-state index is 12.8. The van der Waals surface area contributed by atoms with Gasteiger partial charge in [0.1, 0.15) is 29.8 Å². The standard InChI is InChI=1S/C26H22N8O3/c1-16-31-25(33-37-16)17-4-6-21(19(10-17)12-27)22-7-5-18(14-29-22)26(35)32-24-11-23(20(13-28)15-30-24)36-9-8-34(2)3/h4-7,10-11,14-15H,8-9H2,1-3H3,(H,30,32,35). The molecule has 3 heterocycles. The van der Waals surface area contributed by atoms with Crippen LogP contribution in [0.1, 0.15) is 27.4 Å². The minimum Gasteiger partial charge on any atom is -0.491 e. The number of ether oxygens (including phenoxy) is 1. The van der Waals surface area contributed by atoms with Gasteiger partial charge in [0.05, 0.1) is 29.1 Å². The Morgan fingerprint density at radius 1 is 1.08 bits per heavy atom. The van der Waals surface area contributed by atoms with E-state index in [-0.39, 0.29) is 11.4 Å². The molecule has 11 heteroatoms. The average molecular weight is 495 g/mol. The van der Waals surface area contributed by atoms with E-state index >= 15 is 0 Å². The highest BCUT2D eigenvalue weighted by atomic mass is 16.5. The summed E-state index contributed by atoms with van der Waals surface area (Å²) in [6.07, 6.45) is 2.77. The molecule has 0 bridgehead atoms. The van der Waals surface area contributed by atoms with Gasteiger partial charge in [0.15, 0.2) is 0 Å². The topological polar surface area (TPSA) is 154 Å². The zero-order chi connectivity index (χ0) is 26.4. The molecule has 0 aliphatic carbocycles. The molecule has 37 heavy (non-hydrogen) atoms. The van der Waals surface area contributed by atoms with E-state index < -0.39 is 5.91 Å². The number of nitrogens with one attached hydrogen (secondary N) is 1. The number of nitrogens with zero attached hydrogens (tertiary/aromatic N) is 7. The second kappa shape index (κ2) is 11.1. The highest BCUT2D eigenvalue weighted by Crippen LogP contribution is 2.27. The number of likely N-dealkylation sites (N-methyl/N-ethyl adjacent to an activating group) is 1. The van der Waals surface area contributed by atoms with Crippen molar-refractivity contribution in [2.24, 2.45) is 0 Å². The van der Waals surface area contributed by atoms with Crippen LogP contribution in [0.15, 0.2) is 53.3 Å². The lowest BCUT2D eigenvalue weighted by atomic mass is 10.0. The summed E-state index contributed by atoms with van der Waals surface area (Å²) in [6, 6.07) is 14.2. The van der Waals surface area contributed by atoms with Gasteiger partial charge in [-0.15, -0.1) is 0 Å². The number of hydrogen-bond acceptors (Lipinski definition) is 10. The Kier molecular flexibility index (Phi) is 7.48. The highest BCUT2D eigenvalue weighted by molar-refractivity contribution is 6.03. The molecule has 11 nitrogen and oxygen atoms in total. The lowest BCUT2D eigenvalue weighted by Crippen LogP contribution is -2.20. The summed E-state index contributed by atoms with van der Waals surface area (Å²) < 4.78 is 10.7. The average Bonchev–Trinajstić information content (AvgIpc) is 3.34. The summed E-state index contributed by atoms with van der Waals surface area (Å²) in [7, 11) is 3.83. The molecule has 0 saturated heterocycles. The lowest BCUT2D eigenvalue weighted by Gasteiger charge is -2.13. The quantitative estimate of drug-likeness (QED) is 0.385. The number of carbonyl (C=O) groups excluding carboxylic acids is 1. The zero-order valence-corrected chi connectivity index (χ0v) is 20.4. The molecule has 0 spiro atoms. The summed E-state index contributed by atoms with van der Waals surface area (Å²) >= 11 is 0. The van der Waals surface area contributed by atoms with Gasteiger partial charge in [-0.2, -0.15) is 15.5 Å². The van der Waals surface area contributed by atoms with Crippen molar-refractivity contribution < 1.29 is 14.1 Å². The Bertz CT molecular complexity index is 1510. The van der Waals surface area contributed by atoms with Gasteiger partial charge in [-0.1, -0.05) is 17.3 Å². The van der Waals surface area contributed by atoms with Crippen molar-refractivity contribution in [1.29, 1.82) is 10.5 Å². The molecular formula is C26H22N8O3. The molecule has 1 aromatic carbocycles. The fourth-order valence-electron chi connectivity index (χ4n) is 3.34. The number of pyridine rings is 2. The van der Waals surface area contributed by atoms with E-state index in [0.717, 1.165) is 0 Å². The predicted molar refractivity (Wildman–Crippen MR) is 133 cm³/mol. The van der Waals surface area contributed by atoms with Gasteiger partial charge in [0, 0.05) is 36.9 Å². The van der Waals surface area contributed by atoms with E-state index in [1.54, 1.807) is 37.3 Å². The fraction of sp³-hybridized carbons (Fsp3) is 0.192. The van der Waals surface area contributed by atoms with Gasteiger partial charge >= 0.3 is 0 Å². The van der Waals surface area contributed by atoms with Crippen LogP contribution in [0.3, 0.4) is 0 Å². The third-order valence-electron chi connectivity index (χ3n) is 5.25. The smallest absolute Gasteiger partial charge is 0.258 e. The van der Waals surface area contributed by atoms with E-state index in [9.17, 15) is 15.3 Å². The number of rotatable bonds is 8. The Balaban J connectivity index is 1.49. The maximum absolute atomic E-state index is 12.8. The second-order valence-electron chi connectivity index (χ2n) is 8.22. The largest absolute Gasteiger partial charge is 0.491 e. The molecule has 184 valence electrons. The van der Waals surface area contributed by atoms with E-state index in [0.29, 0.717) is 58.6 Å². The fourth-order valence-corrected chi connectivity index (χ4v) is 3.34. The third kappa shape index (κ3) is 5.93. The molecular weight excluding hydrogens is 472 g/mol. The van der Waals surface area contributed by atoms with Crippen LogP contribution in [0.5, 0.6) is 5.75 Å². The van der Waals surface area contributed by atoms with Gasteiger partial charge < -0.3 is 19.5 Å². The van der Waals surface area contributed by atoms with Gasteiger partial charge in [-0.25, -0.2) is 4.98 Å². The lowest BCUT2D eigenvalue weighted by molar-refractivity contribution is 0.102. The number of carbonyl (C=O) groups is 1. The minimum atomic E-state index is -0.432. The molecule has 0 aliphatic heterocycles. The van der Waals surface area contributed by atoms with Crippen LogP contribution in [0.25, 0.3) is 22.6 Å². The van der Waals surface area contributed by atoms with Crippen LogP contribution in [0, 0.1) is 29.6 Å². The molecule has 0 unspecified atom stereocenters. The number of anilines is 1. The Labute approximate surface area is 213 Å². The molecule has 0 aliphatic rings. The van der Waals surface area contributed by atoms with Crippen LogP contribution >= 0.6 is 0 Å². The van der Waals surface area contributed by atoms with Crippen LogP contribution in [0.2, 0.25) is 0 Å². The summed E-state index contributed by atoms with van der Waals surface area (Å²) in [5, 5.41) is 25.5. The molecule has 1 amide bonds. The van der Waals surface area contributed by atoms with Crippen LogP contribution in [0.4, 0.5) is 5.82 Å². The van der Waals surface area contributed by atoms with Crippen molar-refractivity contribution in [2.75, 3.05) is 32.6 Å². The molecule has 4 aromatic rings. The van der Waals surface area contributed by atoms with E-state index in [1.807, 2.05) is 25.1 Å². The first-order valence-electron chi connectivity index (χ1n) is 11.2. The van der Waals surface area contributed by atoms with Gasteiger partial charge in [-0.05, 0) is 32.3 Å². The van der Waals surface area contributed by atoms with Crippen LogP contribution in [-0.2, 0) is 0 Å². The first-order valence-corrected chi connectivity index (χ1v) is 11.2.